The van der Waals surface area contributed by atoms with Crippen molar-refractivity contribution in [2.75, 3.05) is 0 Å². The van der Waals surface area contributed by atoms with Crippen LogP contribution < -0.4 is 5.32 Å². The summed E-state index contributed by atoms with van der Waals surface area (Å²) in [6.45, 7) is 1.79. The molecule has 1 aromatic carbocycles. The SMILES string of the molecule is Cc1c(C(=O)NC2CC(C(=O)O)C2)nnn1-c1cccc2cnccc12. The molecule has 0 bridgehead atoms. The van der Waals surface area contributed by atoms with Crippen LogP contribution in [0.25, 0.3) is 16.5 Å². The van der Waals surface area contributed by atoms with E-state index in [-0.39, 0.29) is 23.6 Å². The van der Waals surface area contributed by atoms with Crippen molar-refractivity contribution in [1.29, 1.82) is 0 Å². The van der Waals surface area contributed by atoms with Gasteiger partial charge in [-0.2, -0.15) is 0 Å². The molecule has 4 rings (SSSR count). The minimum absolute atomic E-state index is 0.128. The van der Waals surface area contributed by atoms with Crippen molar-refractivity contribution in [2.45, 2.75) is 25.8 Å². The lowest BCUT2D eigenvalue weighted by Crippen LogP contribution is -2.46. The molecule has 1 amide bonds. The van der Waals surface area contributed by atoms with Crippen molar-refractivity contribution in [3.8, 4) is 5.69 Å². The van der Waals surface area contributed by atoms with E-state index < -0.39 is 5.97 Å². The molecule has 1 aliphatic rings. The number of benzene rings is 1. The number of amides is 1. The van der Waals surface area contributed by atoms with Gasteiger partial charge in [-0.05, 0) is 31.9 Å². The maximum atomic E-state index is 12.5. The number of aliphatic carboxylic acids is 1. The van der Waals surface area contributed by atoms with Crippen LogP contribution in [0.3, 0.4) is 0 Å². The third kappa shape index (κ3) is 2.69. The summed E-state index contributed by atoms with van der Waals surface area (Å²) in [5.41, 5.74) is 1.69. The van der Waals surface area contributed by atoms with Gasteiger partial charge < -0.3 is 10.4 Å². The minimum Gasteiger partial charge on any atom is -0.481 e. The van der Waals surface area contributed by atoms with Crippen LogP contribution in [-0.4, -0.2) is 43.0 Å². The smallest absolute Gasteiger partial charge is 0.306 e. The molecule has 2 aromatic heterocycles. The van der Waals surface area contributed by atoms with Crippen LogP contribution >= 0.6 is 0 Å². The fraction of sp³-hybridized carbons (Fsp3) is 0.278. The normalized spacial score (nSPS) is 19.1. The van der Waals surface area contributed by atoms with Gasteiger partial charge in [-0.25, -0.2) is 4.68 Å². The monoisotopic (exact) mass is 351 g/mol. The van der Waals surface area contributed by atoms with Crippen LogP contribution in [-0.2, 0) is 4.79 Å². The van der Waals surface area contributed by atoms with Gasteiger partial charge in [0, 0.05) is 29.2 Å². The van der Waals surface area contributed by atoms with E-state index in [9.17, 15) is 9.59 Å². The zero-order valence-corrected chi connectivity index (χ0v) is 14.1. The average Bonchev–Trinajstić information content (AvgIpc) is 2.98. The summed E-state index contributed by atoms with van der Waals surface area (Å²) < 4.78 is 1.64. The number of carboxylic acids is 1. The highest BCUT2D eigenvalue weighted by molar-refractivity contribution is 5.94. The van der Waals surface area contributed by atoms with Gasteiger partial charge >= 0.3 is 5.97 Å². The first-order valence-electron chi connectivity index (χ1n) is 8.33. The number of carbonyl (C=O) groups is 2. The molecule has 0 saturated heterocycles. The van der Waals surface area contributed by atoms with E-state index in [0.717, 1.165) is 16.5 Å². The Balaban J connectivity index is 1.58. The number of aromatic nitrogens is 4. The maximum absolute atomic E-state index is 12.5. The van der Waals surface area contributed by atoms with E-state index in [0.29, 0.717) is 18.5 Å². The quantitative estimate of drug-likeness (QED) is 0.740. The minimum atomic E-state index is -0.817. The van der Waals surface area contributed by atoms with Gasteiger partial charge in [0.15, 0.2) is 5.69 Å². The molecule has 2 N–H and O–H groups in total. The fourth-order valence-electron chi connectivity index (χ4n) is 3.25. The Labute approximate surface area is 148 Å². The number of hydrogen-bond acceptors (Lipinski definition) is 5. The molecule has 0 unspecified atom stereocenters. The molecule has 0 spiro atoms. The Morgan fingerprint density at radius 2 is 2.08 bits per heavy atom. The molecule has 1 fully saturated rings. The van der Waals surface area contributed by atoms with E-state index in [4.69, 9.17) is 5.11 Å². The molecule has 1 aliphatic carbocycles. The predicted molar refractivity (Wildman–Crippen MR) is 93.0 cm³/mol. The molecule has 0 atom stereocenters. The summed E-state index contributed by atoms with van der Waals surface area (Å²) in [4.78, 5) is 27.4. The topological polar surface area (TPSA) is 110 Å². The lowest BCUT2D eigenvalue weighted by molar-refractivity contribution is -0.145. The van der Waals surface area contributed by atoms with Crippen LogP contribution in [0.15, 0.2) is 36.7 Å². The maximum Gasteiger partial charge on any atom is 0.306 e. The van der Waals surface area contributed by atoms with Crippen LogP contribution in [0.2, 0.25) is 0 Å². The van der Waals surface area contributed by atoms with E-state index in [1.165, 1.54) is 0 Å². The number of carboxylic acid groups (broad SMARTS) is 1. The van der Waals surface area contributed by atoms with Gasteiger partial charge in [-0.15, -0.1) is 5.10 Å². The van der Waals surface area contributed by atoms with Crippen LogP contribution in [0, 0.1) is 12.8 Å². The lowest BCUT2D eigenvalue weighted by atomic mass is 9.80. The Hall–Kier alpha value is -3.29. The second-order valence-electron chi connectivity index (χ2n) is 6.49. The first-order chi connectivity index (χ1) is 12.5. The predicted octanol–water partition coefficient (Wildman–Crippen LogP) is 1.72. The Kier molecular flexibility index (Phi) is 3.87. The molecule has 0 radical (unpaired) electrons. The number of hydrogen-bond donors (Lipinski definition) is 2. The third-order valence-electron chi connectivity index (χ3n) is 4.82. The highest BCUT2D eigenvalue weighted by Gasteiger charge is 2.36. The van der Waals surface area contributed by atoms with Crippen LogP contribution in [0.1, 0.15) is 29.0 Å². The van der Waals surface area contributed by atoms with E-state index in [1.807, 2.05) is 24.3 Å². The summed E-state index contributed by atoms with van der Waals surface area (Å²) in [5, 5.41) is 21.9. The zero-order valence-electron chi connectivity index (χ0n) is 14.1. The molecule has 8 heteroatoms. The van der Waals surface area contributed by atoms with Gasteiger partial charge in [-0.1, -0.05) is 17.3 Å². The van der Waals surface area contributed by atoms with Crippen molar-refractivity contribution in [3.05, 3.63) is 48.0 Å². The third-order valence-corrected chi connectivity index (χ3v) is 4.82. The average molecular weight is 351 g/mol. The molecule has 132 valence electrons. The second kappa shape index (κ2) is 6.21. The summed E-state index contributed by atoms with van der Waals surface area (Å²) in [6, 6.07) is 7.54. The Morgan fingerprint density at radius 3 is 2.85 bits per heavy atom. The molecule has 3 aromatic rings. The molecular weight excluding hydrogens is 334 g/mol. The van der Waals surface area contributed by atoms with E-state index >= 15 is 0 Å². The van der Waals surface area contributed by atoms with E-state index in [1.54, 1.807) is 24.0 Å². The number of nitrogens with zero attached hydrogens (tertiary/aromatic N) is 4. The molecule has 26 heavy (non-hydrogen) atoms. The number of fused-ring (bicyclic) bond motifs is 1. The molecular formula is C18H17N5O3. The van der Waals surface area contributed by atoms with Gasteiger partial charge in [0.25, 0.3) is 5.91 Å². The van der Waals surface area contributed by atoms with Crippen LogP contribution in [0.4, 0.5) is 0 Å². The fourth-order valence-corrected chi connectivity index (χ4v) is 3.25. The first-order valence-corrected chi connectivity index (χ1v) is 8.33. The van der Waals surface area contributed by atoms with Crippen LogP contribution in [0.5, 0.6) is 0 Å². The molecule has 0 aliphatic heterocycles. The number of nitrogens with one attached hydrogen (secondary N) is 1. The van der Waals surface area contributed by atoms with Crippen molar-refractivity contribution < 1.29 is 14.7 Å². The van der Waals surface area contributed by atoms with Gasteiger partial charge in [-0.3, -0.25) is 14.6 Å². The van der Waals surface area contributed by atoms with Crippen molar-refractivity contribution in [3.63, 3.8) is 0 Å². The van der Waals surface area contributed by atoms with Crippen molar-refractivity contribution in [1.82, 2.24) is 25.3 Å². The first kappa shape index (κ1) is 16.2. The molecule has 8 nitrogen and oxygen atoms in total. The van der Waals surface area contributed by atoms with Gasteiger partial charge in [0.05, 0.1) is 17.3 Å². The Morgan fingerprint density at radius 1 is 1.27 bits per heavy atom. The largest absolute Gasteiger partial charge is 0.481 e. The van der Waals surface area contributed by atoms with E-state index in [2.05, 4.69) is 20.6 Å². The highest BCUT2D eigenvalue weighted by Crippen LogP contribution is 2.28. The molecule has 2 heterocycles. The lowest BCUT2D eigenvalue weighted by Gasteiger charge is -2.32. The summed E-state index contributed by atoms with van der Waals surface area (Å²) in [6.07, 6.45) is 4.38. The summed E-state index contributed by atoms with van der Waals surface area (Å²) >= 11 is 0. The zero-order chi connectivity index (χ0) is 18.3. The molecule has 1 saturated carbocycles. The number of carbonyl (C=O) groups excluding carboxylic acids is 1. The number of pyridine rings is 1. The summed E-state index contributed by atoms with van der Waals surface area (Å²) in [7, 11) is 0. The van der Waals surface area contributed by atoms with Crippen molar-refractivity contribution in [2.24, 2.45) is 5.92 Å². The van der Waals surface area contributed by atoms with Crippen molar-refractivity contribution >= 4 is 22.6 Å². The summed E-state index contributed by atoms with van der Waals surface area (Å²) in [5.74, 6) is -1.52. The number of rotatable bonds is 4. The standard InChI is InChI=1S/C18H17N5O3/c1-10-16(17(24)20-13-7-12(8-13)18(25)26)21-22-23(10)15-4-2-3-11-9-19-6-5-14(11)15/h2-6,9,12-13H,7-8H2,1H3,(H,20,24)(H,25,26). The van der Waals surface area contributed by atoms with Gasteiger partial charge in [0.1, 0.15) is 0 Å². The van der Waals surface area contributed by atoms with Gasteiger partial charge in [0.2, 0.25) is 0 Å². The Bertz CT molecular complexity index is 1000. The second-order valence-corrected chi connectivity index (χ2v) is 6.49. The highest BCUT2D eigenvalue weighted by atomic mass is 16.4.